The zero-order chi connectivity index (χ0) is 10.9. The van der Waals surface area contributed by atoms with Gasteiger partial charge in [-0.1, -0.05) is 0 Å². The molecule has 8 heteroatoms. The lowest BCUT2D eigenvalue weighted by Gasteiger charge is -2.19. The third-order valence-corrected chi connectivity index (χ3v) is 2.16. The molecule has 0 unspecified atom stereocenters. The number of alkyl halides is 3. The molecule has 0 aromatic rings. The molecule has 0 aromatic carbocycles. The van der Waals surface area contributed by atoms with Crippen molar-refractivity contribution in [3.8, 4) is 0 Å². The standard InChI is InChI=1S/C5H11F3N2O2S/c1-4(2,9)3-10-13(11,12)5(6,7)8/h10H,3,9H2,1-2H3. The number of sulfonamides is 1. The van der Waals surface area contributed by atoms with Crippen molar-refractivity contribution >= 4 is 10.0 Å². The SMILES string of the molecule is CC(C)(N)CNS(=O)(=O)C(F)(F)F. The summed E-state index contributed by atoms with van der Waals surface area (Å²) in [6, 6.07) is 0. The second kappa shape index (κ2) is 3.43. The van der Waals surface area contributed by atoms with Crippen molar-refractivity contribution in [1.29, 1.82) is 0 Å². The second-order valence-electron chi connectivity index (χ2n) is 3.26. The molecule has 0 amide bonds. The first-order valence-corrected chi connectivity index (χ1v) is 4.79. The van der Waals surface area contributed by atoms with E-state index in [1.165, 1.54) is 18.6 Å². The summed E-state index contributed by atoms with van der Waals surface area (Å²) in [6.45, 7) is 2.35. The van der Waals surface area contributed by atoms with Gasteiger partial charge in [0.15, 0.2) is 0 Å². The summed E-state index contributed by atoms with van der Waals surface area (Å²) < 4.78 is 57.3. The lowest BCUT2D eigenvalue weighted by Crippen LogP contribution is -2.48. The predicted molar refractivity (Wildman–Crippen MR) is 41.2 cm³/mol. The summed E-state index contributed by atoms with van der Waals surface area (Å²) in [5, 5.41) is 0. The summed E-state index contributed by atoms with van der Waals surface area (Å²) in [7, 11) is -5.26. The van der Waals surface area contributed by atoms with Crippen LogP contribution in [0.15, 0.2) is 0 Å². The first-order valence-electron chi connectivity index (χ1n) is 3.30. The molecule has 0 radical (unpaired) electrons. The van der Waals surface area contributed by atoms with Crippen LogP contribution in [0.2, 0.25) is 0 Å². The molecule has 0 spiro atoms. The van der Waals surface area contributed by atoms with E-state index in [0.29, 0.717) is 0 Å². The number of rotatable bonds is 3. The molecule has 3 N–H and O–H groups in total. The van der Waals surface area contributed by atoms with Crippen molar-refractivity contribution < 1.29 is 21.6 Å². The molecule has 13 heavy (non-hydrogen) atoms. The van der Waals surface area contributed by atoms with E-state index in [1.54, 1.807) is 0 Å². The monoisotopic (exact) mass is 220 g/mol. The number of nitrogens with two attached hydrogens (primary N) is 1. The fraction of sp³-hybridized carbons (Fsp3) is 1.00. The molecule has 4 nitrogen and oxygen atoms in total. The summed E-state index contributed by atoms with van der Waals surface area (Å²) in [5.41, 5.74) is -1.00. The van der Waals surface area contributed by atoms with Crippen molar-refractivity contribution in [1.82, 2.24) is 4.72 Å². The van der Waals surface area contributed by atoms with Crippen molar-refractivity contribution in [3.63, 3.8) is 0 Å². The highest BCUT2D eigenvalue weighted by atomic mass is 32.2. The molecule has 80 valence electrons. The van der Waals surface area contributed by atoms with Gasteiger partial charge in [-0.2, -0.15) is 13.2 Å². The smallest absolute Gasteiger partial charge is 0.324 e. The molecular formula is C5H11F3N2O2S. The number of hydrogen-bond acceptors (Lipinski definition) is 3. The Morgan fingerprint density at radius 2 is 1.69 bits per heavy atom. The van der Waals surface area contributed by atoms with Gasteiger partial charge in [0.2, 0.25) is 0 Å². The maximum Gasteiger partial charge on any atom is 0.511 e. The van der Waals surface area contributed by atoms with Crippen molar-refractivity contribution in [2.24, 2.45) is 5.73 Å². The highest BCUT2D eigenvalue weighted by molar-refractivity contribution is 7.90. The average Bonchev–Trinajstić information content (AvgIpc) is 1.79. The summed E-state index contributed by atoms with van der Waals surface area (Å²) in [5.74, 6) is 0. The van der Waals surface area contributed by atoms with E-state index in [4.69, 9.17) is 5.73 Å². The first-order chi connectivity index (χ1) is 5.46. The van der Waals surface area contributed by atoms with E-state index < -0.39 is 27.6 Å². The van der Waals surface area contributed by atoms with Gasteiger partial charge in [-0.25, -0.2) is 13.1 Å². The van der Waals surface area contributed by atoms with Crippen LogP contribution in [-0.2, 0) is 10.0 Å². The predicted octanol–water partition coefficient (Wildman–Crippen LogP) is 0.163. The van der Waals surface area contributed by atoms with Crippen LogP contribution in [0.25, 0.3) is 0 Å². The molecule has 0 heterocycles. The van der Waals surface area contributed by atoms with Gasteiger partial charge in [0.05, 0.1) is 0 Å². The van der Waals surface area contributed by atoms with Crippen LogP contribution < -0.4 is 10.5 Å². The van der Waals surface area contributed by atoms with Crippen LogP contribution in [-0.4, -0.2) is 26.0 Å². The molecule has 0 saturated heterocycles. The minimum absolute atomic E-state index is 0.463. The molecule has 0 aromatic heterocycles. The van der Waals surface area contributed by atoms with Crippen LogP contribution in [0.3, 0.4) is 0 Å². The van der Waals surface area contributed by atoms with E-state index in [1.807, 2.05) is 0 Å². The molecule has 0 bridgehead atoms. The van der Waals surface area contributed by atoms with Gasteiger partial charge in [0.1, 0.15) is 0 Å². The Labute approximate surface area is 74.3 Å². The van der Waals surface area contributed by atoms with Crippen LogP contribution in [0, 0.1) is 0 Å². The van der Waals surface area contributed by atoms with Crippen LogP contribution >= 0.6 is 0 Å². The van der Waals surface area contributed by atoms with Crippen molar-refractivity contribution in [2.75, 3.05) is 6.54 Å². The van der Waals surface area contributed by atoms with Gasteiger partial charge in [0, 0.05) is 12.1 Å². The lowest BCUT2D eigenvalue weighted by molar-refractivity contribution is -0.0448. The minimum atomic E-state index is -5.28. The van der Waals surface area contributed by atoms with Gasteiger partial charge in [-0.15, -0.1) is 0 Å². The van der Waals surface area contributed by atoms with Gasteiger partial charge in [-0.3, -0.25) is 0 Å². The highest BCUT2D eigenvalue weighted by Gasteiger charge is 2.45. The third kappa shape index (κ3) is 4.44. The topological polar surface area (TPSA) is 72.2 Å². The Balaban J connectivity index is 4.40. The van der Waals surface area contributed by atoms with Gasteiger partial charge in [-0.05, 0) is 13.8 Å². The molecular weight excluding hydrogens is 209 g/mol. The van der Waals surface area contributed by atoms with E-state index in [0.717, 1.165) is 0 Å². The quantitative estimate of drug-likeness (QED) is 0.711. The maximum atomic E-state index is 11.7. The van der Waals surface area contributed by atoms with Crippen molar-refractivity contribution in [2.45, 2.75) is 24.9 Å². The molecule has 0 atom stereocenters. The van der Waals surface area contributed by atoms with Crippen LogP contribution in [0.1, 0.15) is 13.8 Å². The first kappa shape index (κ1) is 12.7. The van der Waals surface area contributed by atoms with E-state index in [9.17, 15) is 21.6 Å². The number of nitrogens with one attached hydrogen (secondary N) is 1. The highest BCUT2D eigenvalue weighted by Crippen LogP contribution is 2.21. The Hall–Kier alpha value is -0.340. The van der Waals surface area contributed by atoms with Gasteiger partial charge < -0.3 is 5.73 Å². The fourth-order valence-electron chi connectivity index (χ4n) is 0.363. The largest absolute Gasteiger partial charge is 0.511 e. The number of hydrogen-bond donors (Lipinski definition) is 2. The third-order valence-electron chi connectivity index (χ3n) is 1.02. The Kier molecular flexibility index (Phi) is 3.34. The zero-order valence-corrected chi connectivity index (χ0v) is 7.96. The fourth-order valence-corrected chi connectivity index (χ4v) is 1.09. The Morgan fingerprint density at radius 1 is 1.31 bits per heavy atom. The molecule has 0 aliphatic rings. The van der Waals surface area contributed by atoms with Crippen LogP contribution in [0.4, 0.5) is 13.2 Å². The van der Waals surface area contributed by atoms with Crippen LogP contribution in [0.5, 0.6) is 0 Å². The second-order valence-corrected chi connectivity index (χ2v) is 5.02. The Morgan fingerprint density at radius 3 is 1.92 bits per heavy atom. The molecule has 0 aliphatic heterocycles. The molecule has 0 fully saturated rings. The molecule has 0 saturated carbocycles. The minimum Gasteiger partial charge on any atom is -0.324 e. The summed E-state index contributed by atoms with van der Waals surface area (Å²) in [6.07, 6.45) is 0. The number of halogens is 3. The average molecular weight is 220 g/mol. The van der Waals surface area contributed by atoms with Gasteiger partial charge >= 0.3 is 15.5 Å². The summed E-state index contributed by atoms with van der Waals surface area (Å²) in [4.78, 5) is 0. The van der Waals surface area contributed by atoms with Crippen molar-refractivity contribution in [3.05, 3.63) is 0 Å². The van der Waals surface area contributed by atoms with Gasteiger partial charge in [0.25, 0.3) is 0 Å². The molecule has 0 aliphatic carbocycles. The lowest BCUT2D eigenvalue weighted by atomic mass is 10.1. The normalized spacial score (nSPS) is 14.6. The van der Waals surface area contributed by atoms with E-state index >= 15 is 0 Å². The molecule has 0 rings (SSSR count). The Bertz CT molecular complexity index is 264. The van der Waals surface area contributed by atoms with E-state index in [2.05, 4.69) is 0 Å². The van der Waals surface area contributed by atoms with E-state index in [-0.39, 0.29) is 0 Å². The zero-order valence-electron chi connectivity index (χ0n) is 7.14. The maximum absolute atomic E-state index is 11.7. The summed E-state index contributed by atoms with van der Waals surface area (Å²) >= 11 is 0.